The fourth-order valence-electron chi connectivity index (χ4n) is 3.62. The molecule has 0 saturated carbocycles. The summed E-state index contributed by atoms with van der Waals surface area (Å²) in [6.45, 7) is 16.6. The van der Waals surface area contributed by atoms with Gasteiger partial charge in [0.25, 0.3) is 0 Å². The highest BCUT2D eigenvalue weighted by Crippen LogP contribution is 2.42. The predicted molar refractivity (Wildman–Crippen MR) is 120 cm³/mol. The van der Waals surface area contributed by atoms with E-state index in [9.17, 15) is 4.79 Å². The minimum atomic E-state index is -2.06. The Morgan fingerprint density at radius 3 is 2.32 bits per heavy atom. The minimum Gasteiger partial charge on any atom is -0.452 e. The third-order valence-corrected chi connectivity index (χ3v) is 10.7. The molecule has 3 rings (SSSR count). The molecule has 1 aromatic rings. The second-order valence-electron chi connectivity index (χ2n) is 10.2. The quantitative estimate of drug-likeness (QED) is 0.503. The van der Waals surface area contributed by atoms with Gasteiger partial charge in [-0.3, -0.25) is 4.90 Å². The SMILES string of the molecule is COC(=O)N(c1ccc(C)nn1)[C@@H]1C=C[C@H](O[Si](C)(C)C(C)(C)C)[C@H]2OC(C)(C)O[C@H]21. The van der Waals surface area contributed by atoms with Crippen LogP contribution in [0.25, 0.3) is 0 Å². The molecule has 1 aliphatic carbocycles. The van der Waals surface area contributed by atoms with Gasteiger partial charge in [-0.15, -0.1) is 5.10 Å². The Morgan fingerprint density at radius 1 is 1.13 bits per heavy atom. The number of aromatic nitrogens is 2. The van der Waals surface area contributed by atoms with Crippen LogP contribution in [0.15, 0.2) is 24.3 Å². The number of hydrogen-bond acceptors (Lipinski definition) is 7. The maximum atomic E-state index is 12.8. The first-order valence-corrected chi connectivity index (χ1v) is 13.6. The van der Waals surface area contributed by atoms with E-state index in [0.29, 0.717) is 5.82 Å². The van der Waals surface area contributed by atoms with E-state index in [1.54, 1.807) is 6.07 Å². The van der Waals surface area contributed by atoms with Crippen LogP contribution in [0.1, 0.15) is 40.3 Å². The lowest BCUT2D eigenvalue weighted by Gasteiger charge is -2.43. The van der Waals surface area contributed by atoms with E-state index in [-0.39, 0.29) is 17.2 Å². The Balaban J connectivity index is 1.99. The van der Waals surface area contributed by atoms with Crippen molar-refractivity contribution in [3.63, 3.8) is 0 Å². The molecule has 0 N–H and O–H groups in total. The van der Waals surface area contributed by atoms with Gasteiger partial charge < -0.3 is 18.6 Å². The van der Waals surface area contributed by atoms with Gasteiger partial charge in [-0.05, 0) is 51.0 Å². The molecule has 1 fully saturated rings. The zero-order valence-corrected chi connectivity index (χ0v) is 21.0. The summed E-state index contributed by atoms with van der Waals surface area (Å²) >= 11 is 0. The molecule has 0 spiro atoms. The van der Waals surface area contributed by atoms with Gasteiger partial charge in [0, 0.05) is 0 Å². The molecule has 0 radical (unpaired) electrons. The van der Waals surface area contributed by atoms with Gasteiger partial charge in [0.2, 0.25) is 0 Å². The summed E-state index contributed by atoms with van der Waals surface area (Å²) in [7, 11) is -0.714. The number of methoxy groups -OCH3 is 1. The van der Waals surface area contributed by atoms with Gasteiger partial charge in [0.15, 0.2) is 19.9 Å². The second kappa shape index (κ2) is 8.27. The summed E-state index contributed by atoms with van der Waals surface area (Å²) in [5.41, 5.74) is 0.759. The Labute approximate surface area is 186 Å². The Bertz CT molecular complexity index is 835. The number of amides is 1. The summed E-state index contributed by atoms with van der Waals surface area (Å²) < 4.78 is 24.3. The van der Waals surface area contributed by atoms with Crippen LogP contribution in [0.4, 0.5) is 10.6 Å². The van der Waals surface area contributed by atoms with Gasteiger partial charge in [-0.2, -0.15) is 5.10 Å². The minimum absolute atomic E-state index is 0.0533. The zero-order valence-electron chi connectivity index (χ0n) is 20.0. The Hall–Kier alpha value is -1.81. The molecule has 172 valence electrons. The van der Waals surface area contributed by atoms with Crippen LogP contribution in [-0.4, -0.2) is 61.9 Å². The van der Waals surface area contributed by atoms with Crippen LogP contribution in [0.3, 0.4) is 0 Å². The lowest BCUT2D eigenvalue weighted by Crippen LogP contribution is -2.57. The lowest BCUT2D eigenvalue weighted by molar-refractivity contribution is -0.151. The highest BCUT2D eigenvalue weighted by Gasteiger charge is 2.54. The van der Waals surface area contributed by atoms with Crippen molar-refractivity contribution in [2.24, 2.45) is 0 Å². The van der Waals surface area contributed by atoms with Crippen LogP contribution in [0.2, 0.25) is 18.1 Å². The van der Waals surface area contributed by atoms with E-state index in [2.05, 4.69) is 44.1 Å². The molecule has 9 heteroatoms. The molecule has 31 heavy (non-hydrogen) atoms. The lowest BCUT2D eigenvalue weighted by atomic mass is 9.93. The number of rotatable bonds is 4. The van der Waals surface area contributed by atoms with Crippen molar-refractivity contribution >= 4 is 20.2 Å². The normalized spacial score (nSPS) is 27.6. The van der Waals surface area contributed by atoms with Crippen LogP contribution < -0.4 is 4.90 Å². The molecule has 0 aromatic carbocycles. The fraction of sp³-hybridized carbons (Fsp3) is 0.682. The smallest absolute Gasteiger partial charge is 0.415 e. The monoisotopic (exact) mass is 449 g/mol. The van der Waals surface area contributed by atoms with Crippen LogP contribution >= 0.6 is 0 Å². The van der Waals surface area contributed by atoms with Crippen LogP contribution in [0, 0.1) is 6.92 Å². The first kappa shape index (κ1) is 23.8. The van der Waals surface area contributed by atoms with E-state index >= 15 is 0 Å². The number of ether oxygens (including phenoxy) is 3. The van der Waals surface area contributed by atoms with Crippen LogP contribution in [-0.2, 0) is 18.6 Å². The topological polar surface area (TPSA) is 83.0 Å². The van der Waals surface area contributed by atoms with E-state index < -0.39 is 32.3 Å². The molecule has 1 saturated heterocycles. The maximum absolute atomic E-state index is 12.8. The van der Waals surface area contributed by atoms with Crippen molar-refractivity contribution in [1.29, 1.82) is 0 Å². The summed E-state index contributed by atoms with van der Waals surface area (Å²) in [5.74, 6) is -0.419. The zero-order chi connectivity index (χ0) is 23.2. The van der Waals surface area contributed by atoms with Crippen LogP contribution in [0.5, 0.6) is 0 Å². The highest BCUT2D eigenvalue weighted by molar-refractivity contribution is 6.74. The molecule has 1 aromatic heterocycles. The number of carbonyl (C=O) groups is 1. The largest absolute Gasteiger partial charge is 0.452 e. The summed E-state index contributed by atoms with van der Waals surface area (Å²) in [5, 5.41) is 8.36. The number of anilines is 1. The summed E-state index contributed by atoms with van der Waals surface area (Å²) in [6.07, 6.45) is 2.29. The van der Waals surface area contributed by atoms with E-state index in [1.165, 1.54) is 12.0 Å². The van der Waals surface area contributed by atoms with Crippen molar-refractivity contribution in [3.8, 4) is 0 Å². The molecule has 2 aliphatic rings. The van der Waals surface area contributed by atoms with E-state index in [0.717, 1.165) is 5.69 Å². The van der Waals surface area contributed by atoms with Crippen molar-refractivity contribution < 1.29 is 23.4 Å². The molecule has 8 nitrogen and oxygen atoms in total. The third-order valence-electron chi connectivity index (χ3n) is 6.26. The van der Waals surface area contributed by atoms with E-state index in [1.807, 2.05) is 39.0 Å². The average Bonchev–Trinajstić information content (AvgIpc) is 2.99. The third kappa shape index (κ3) is 4.84. The number of carbonyl (C=O) groups excluding carboxylic acids is 1. The summed E-state index contributed by atoms with van der Waals surface area (Å²) in [4.78, 5) is 14.2. The molecule has 2 heterocycles. The molecule has 1 aliphatic heterocycles. The number of aryl methyl sites for hydroxylation is 1. The van der Waals surface area contributed by atoms with Gasteiger partial charge in [-0.1, -0.05) is 32.9 Å². The molecule has 4 atom stereocenters. The molecule has 1 amide bonds. The van der Waals surface area contributed by atoms with Gasteiger partial charge in [0.1, 0.15) is 12.2 Å². The Morgan fingerprint density at radius 2 is 1.77 bits per heavy atom. The summed E-state index contributed by atoms with van der Waals surface area (Å²) in [6, 6.07) is 3.08. The first-order valence-electron chi connectivity index (χ1n) is 10.6. The van der Waals surface area contributed by atoms with Gasteiger partial charge in [-0.25, -0.2) is 4.79 Å². The molecular weight excluding hydrogens is 414 g/mol. The number of hydrogen-bond donors (Lipinski definition) is 0. The molecule has 0 bridgehead atoms. The van der Waals surface area contributed by atoms with E-state index in [4.69, 9.17) is 18.6 Å². The van der Waals surface area contributed by atoms with Crippen molar-refractivity contribution in [3.05, 3.63) is 30.0 Å². The maximum Gasteiger partial charge on any atom is 0.415 e. The van der Waals surface area contributed by atoms with Crippen molar-refractivity contribution in [2.75, 3.05) is 12.0 Å². The predicted octanol–water partition coefficient (Wildman–Crippen LogP) is 4.21. The molecule has 0 unspecified atom stereocenters. The van der Waals surface area contributed by atoms with Crippen molar-refractivity contribution in [1.82, 2.24) is 10.2 Å². The van der Waals surface area contributed by atoms with Gasteiger partial charge >= 0.3 is 6.09 Å². The fourth-order valence-corrected chi connectivity index (χ4v) is 4.87. The standard InChI is InChI=1S/C22H35N3O5Si/c1-14-10-13-17(24-23-14)25(20(26)27-7)15-11-12-16(30-31(8,9)21(2,3)4)19-18(15)28-22(5,6)29-19/h10-13,15-16,18-19H,1-9H3/t15-,16+,18+,19-/m1/s1. The first-order chi connectivity index (χ1) is 14.3. The average molecular weight is 450 g/mol. The van der Waals surface area contributed by atoms with Crippen molar-refractivity contribution in [2.45, 2.75) is 89.8 Å². The molecular formula is C22H35N3O5Si. The number of nitrogens with zero attached hydrogens (tertiary/aromatic N) is 3. The second-order valence-corrected chi connectivity index (χ2v) is 14.9. The Kier molecular flexibility index (Phi) is 6.36. The number of fused-ring (bicyclic) bond motifs is 1. The highest BCUT2D eigenvalue weighted by atomic mass is 28.4. The van der Waals surface area contributed by atoms with Gasteiger partial charge in [0.05, 0.1) is 24.9 Å².